The quantitative estimate of drug-likeness (QED) is 0.889. The number of aromatic nitrogens is 1. The number of rotatable bonds is 3. The highest BCUT2D eigenvalue weighted by Gasteiger charge is 2.33. The molecule has 1 saturated carbocycles. The zero-order valence-corrected chi connectivity index (χ0v) is 12.9. The summed E-state index contributed by atoms with van der Waals surface area (Å²) in [6.07, 6.45) is 5.49. The maximum Gasteiger partial charge on any atom is 0.0798 e. The lowest BCUT2D eigenvalue weighted by atomic mass is 9.69. The van der Waals surface area contributed by atoms with E-state index in [0.29, 0.717) is 11.5 Å². The Morgan fingerprint density at radius 2 is 2.06 bits per heavy atom. The van der Waals surface area contributed by atoms with Gasteiger partial charge in [-0.2, -0.15) is 0 Å². The van der Waals surface area contributed by atoms with Gasteiger partial charge in [0.2, 0.25) is 0 Å². The van der Waals surface area contributed by atoms with Crippen molar-refractivity contribution >= 4 is 11.3 Å². The number of hydrogen-bond donors (Lipinski definition) is 1. The van der Waals surface area contributed by atoms with Gasteiger partial charge >= 0.3 is 0 Å². The van der Waals surface area contributed by atoms with Crippen molar-refractivity contribution in [3.05, 3.63) is 16.1 Å². The zero-order chi connectivity index (χ0) is 13.2. The summed E-state index contributed by atoms with van der Waals surface area (Å²) in [6.45, 7) is 10.3. The zero-order valence-electron chi connectivity index (χ0n) is 12.1. The first-order valence-electron chi connectivity index (χ1n) is 7.11. The van der Waals surface area contributed by atoms with Crippen LogP contribution in [0.3, 0.4) is 0 Å². The molecule has 1 heterocycles. The van der Waals surface area contributed by atoms with E-state index in [1.54, 1.807) is 11.3 Å². The SMILES string of the molecule is Cc1ncsc1CNC1CCCCC1C(C)(C)C. The maximum atomic E-state index is 4.33. The molecule has 1 fully saturated rings. The lowest BCUT2D eigenvalue weighted by molar-refractivity contribution is 0.130. The lowest BCUT2D eigenvalue weighted by Crippen LogP contribution is -2.43. The average molecular weight is 266 g/mol. The Morgan fingerprint density at radius 1 is 1.33 bits per heavy atom. The second kappa shape index (κ2) is 5.70. The van der Waals surface area contributed by atoms with Gasteiger partial charge in [-0.15, -0.1) is 11.3 Å². The molecule has 0 radical (unpaired) electrons. The van der Waals surface area contributed by atoms with Crippen molar-refractivity contribution in [2.75, 3.05) is 0 Å². The van der Waals surface area contributed by atoms with Gasteiger partial charge in [0.05, 0.1) is 11.2 Å². The van der Waals surface area contributed by atoms with Gasteiger partial charge in [-0.3, -0.25) is 0 Å². The molecule has 102 valence electrons. The van der Waals surface area contributed by atoms with Crippen LogP contribution < -0.4 is 5.32 Å². The summed E-state index contributed by atoms with van der Waals surface area (Å²) in [6, 6.07) is 0.681. The molecule has 1 aromatic heterocycles. The maximum absolute atomic E-state index is 4.33. The molecular weight excluding hydrogens is 240 g/mol. The third-order valence-electron chi connectivity index (χ3n) is 4.25. The first-order chi connectivity index (χ1) is 8.48. The molecule has 0 aliphatic heterocycles. The Balaban J connectivity index is 1.96. The number of hydrogen-bond acceptors (Lipinski definition) is 3. The minimum absolute atomic E-state index is 0.417. The van der Waals surface area contributed by atoms with Gasteiger partial charge in [-0.05, 0) is 31.1 Å². The van der Waals surface area contributed by atoms with Crippen LogP contribution in [0.1, 0.15) is 57.0 Å². The first kappa shape index (κ1) is 14.0. The van der Waals surface area contributed by atoms with Crippen LogP contribution in [0.15, 0.2) is 5.51 Å². The molecule has 18 heavy (non-hydrogen) atoms. The summed E-state index contributed by atoms with van der Waals surface area (Å²) < 4.78 is 0. The number of thiazole rings is 1. The molecule has 2 atom stereocenters. The molecule has 1 aromatic rings. The van der Waals surface area contributed by atoms with E-state index >= 15 is 0 Å². The third-order valence-corrected chi connectivity index (χ3v) is 5.18. The molecule has 0 aromatic carbocycles. The second-order valence-electron chi connectivity index (χ2n) is 6.61. The Hall–Kier alpha value is -0.410. The molecular formula is C15H26N2S. The molecule has 1 aliphatic rings. The molecule has 0 amide bonds. The summed E-state index contributed by atoms with van der Waals surface area (Å²) in [4.78, 5) is 5.72. The topological polar surface area (TPSA) is 24.9 Å². The van der Waals surface area contributed by atoms with E-state index in [1.807, 2.05) is 5.51 Å². The van der Waals surface area contributed by atoms with Crippen LogP contribution in [0.4, 0.5) is 0 Å². The van der Waals surface area contributed by atoms with Crippen molar-refractivity contribution in [2.45, 2.75) is 66.0 Å². The van der Waals surface area contributed by atoms with E-state index in [1.165, 1.54) is 36.3 Å². The lowest BCUT2D eigenvalue weighted by Gasteiger charge is -2.41. The predicted molar refractivity (Wildman–Crippen MR) is 78.9 cm³/mol. The average Bonchev–Trinajstić information content (AvgIpc) is 2.71. The van der Waals surface area contributed by atoms with Crippen LogP contribution in [0, 0.1) is 18.3 Å². The highest BCUT2D eigenvalue weighted by Crippen LogP contribution is 2.38. The third kappa shape index (κ3) is 3.33. The van der Waals surface area contributed by atoms with E-state index < -0.39 is 0 Å². The van der Waals surface area contributed by atoms with E-state index in [4.69, 9.17) is 0 Å². The Bertz CT molecular complexity index is 378. The van der Waals surface area contributed by atoms with Crippen molar-refractivity contribution in [1.29, 1.82) is 0 Å². The van der Waals surface area contributed by atoms with Crippen molar-refractivity contribution in [3.63, 3.8) is 0 Å². The molecule has 2 rings (SSSR count). The number of nitrogens with one attached hydrogen (secondary N) is 1. The van der Waals surface area contributed by atoms with Gasteiger partial charge in [-0.25, -0.2) is 4.98 Å². The summed E-state index contributed by atoms with van der Waals surface area (Å²) in [5.41, 5.74) is 3.56. The fourth-order valence-corrected chi connectivity index (χ4v) is 3.86. The van der Waals surface area contributed by atoms with Gasteiger partial charge < -0.3 is 5.32 Å². The van der Waals surface area contributed by atoms with Crippen molar-refractivity contribution in [3.8, 4) is 0 Å². The monoisotopic (exact) mass is 266 g/mol. The molecule has 0 saturated heterocycles. The number of aryl methyl sites for hydroxylation is 1. The predicted octanol–water partition coefficient (Wildman–Crippen LogP) is 4.15. The molecule has 3 heteroatoms. The van der Waals surface area contributed by atoms with Crippen LogP contribution in [0.25, 0.3) is 0 Å². The highest BCUT2D eigenvalue weighted by molar-refractivity contribution is 7.09. The fourth-order valence-electron chi connectivity index (χ4n) is 3.13. The van der Waals surface area contributed by atoms with Crippen molar-refractivity contribution < 1.29 is 0 Å². The van der Waals surface area contributed by atoms with Crippen LogP contribution in [0.5, 0.6) is 0 Å². The summed E-state index contributed by atoms with van der Waals surface area (Å²) in [5, 5.41) is 3.79. The van der Waals surface area contributed by atoms with E-state index in [2.05, 4.69) is 38.0 Å². The van der Waals surface area contributed by atoms with Gasteiger partial charge in [0.1, 0.15) is 0 Å². The summed E-state index contributed by atoms with van der Waals surface area (Å²) in [7, 11) is 0. The van der Waals surface area contributed by atoms with Gasteiger partial charge in [-0.1, -0.05) is 33.6 Å². The van der Waals surface area contributed by atoms with Crippen molar-refractivity contribution in [1.82, 2.24) is 10.3 Å². The van der Waals surface area contributed by atoms with Crippen LogP contribution >= 0.6 is 11.3 Å². The molecule has 2 nitrogen and oxygen atoms in total. The Kier molecular flexibility index (Phi) is 4.44. The van der Waals surface area contributed by atoms with Crippen LogP contribution in [-0.2, 0) is 6.54 Å². The van der Waals surface area contributed by atoms with E-state index in [-0.39, 0.29) is 0 Å². The summed E-state index contributed by atoms with van der Waals surface area (Å²) >= 11 is 1.77. The molecule has 1 N–H and O–H groups in total. The van der Waals surface area contributed by atoms with Crippen LogP contribution in [0.2, 0.25) is 0 Å². The highest BCUT2D eigenvalue weighted by atomic mass is 32.1. The number of nitrogens with zero attached hydrogens (tertiary/aromatic N) is 1. The van der Waals surface area contributed by atoms with E-state index in [9.17, 15) is 0 Å². The summed E-state index contributed by atoms with van der Waals surface area (Å²) in [5.74, 6) is 0.805. The molecule has 1 aliphatic carbocycles. The first-order valence-corrected chi connectivity index (χ1v) is 7.99. The fraction of sp³-hybridized carbons (Fsp3) is 0.800. The largest absolute Gasteiger partial charge is 0.309 e. The molecule has 0 bridgehead atoms. The Labute approximate surface area is 115 Å². The van der Waals surface area contributed by atoms with E-state index in [0.717, 1.165) is 12.5 Å². The standard InChI is InChI=1S/C15H26N2S/c1-11-14(18-10-17-11)9-16-13-8-6-5-7-12(13)15(2,3)4/h10,12-13,16H,5-9H2,1-4H3. The van der Waals surface area contributed by atoms with Crippen molar-refractivity contribution in [2.24, 2.45) is 11.3 Å². The van der Waals surface area contributed by atoms with Crippen LogP contribution in [-0.4, -0.2) is 11.0 Å². The minimum Gasteiger partial charge on any atom is -0.309 e. The van der Waals surface area contributed by atoms with Gasteiger partial charge in [0.15, 0.2) is 0 Å². The van der Waals surface area contributed by atoms with Gasteiger partial charge in [0, 0.05) is 17.5 Å². The van der Waals surface area contributed by atoms with Gasteiger partial charge in [0.25, 0.3) is 0 Å². The normalized spacial score (nSPS) is 25.3. The second-order valence-corrected chi connectivity index (χ2v) is 7.54. The molecule has 2 unspecified atom stereocenters. The molecule has 0 spiro atoms. The Morgan fingerprint density at radius 3 is 2.67 bits per heavy atom. The minimum atomic E-state index is 0.417. The smallest absolute Gasteiger partial charge is 0.0798 e.